The fourth-order valence-corrected chi connectivity index (χ4v) is 1.47. The SMILES string of the molecule is Cc1nc(COc2ccc(F)cc2)ncc1C(=O)O. The minimum absolute atomic E-state index is 0.0607. The van der Waals surface area contributed by atoms with E-state index in [0.717, 1.165) is 0 Å². The molecule has 0 atom stereocenters. The Morgan fingerprint density at radius 3 is 2.63 bits per heavy atom. The quantitative estimate of drug-likeness (QED) is 0.914. The Bertz CT molecular complexity index is 599. The number of carboxylic acid groups (broad SMARTS) is 1. The van der Waals surface area contributed by atoms with Crippen LogP contribution in [0.1, 0.15) is 21.9 Å². The molecule has 5 nitrogen and oxygen atoms in total. The number of rotatable bonds is 4. The maximum atomic E-state index is 12.7. The Hall–Kier alpha value is -2.50. The van der Waals surface area contributed by atoms with Gasteiger partial charge in [0.05, 0.1) is 11.3 Å². The van der Waals surface area contributed by atoms with E-state index in [1.807, 2.05) is 0 Å². The van der Waals surface area contributed by atoms with Gasteiger partial charge in [-0.1, -0.05) is 0 Å². The van der Waals surface area contributed by atoms with Crippen molar-refractivity contribution in [1.82, 2.24) is 9.97 Å². The van der Waals surface area contributed by atoms with Crippen LogP contribution in [0.4, 0.5) is 4.39 Å². The molecule has 0 fully saturated rings. The molecule has 1 aromatic heterocycles. The van der Waals surface area contributed by atoms with Gasteiger partial charge in [-0.15, -0.1) is 0 Å². The minimum atomic E-state index is -1.07. The Labute approximate surface area is 108 Å². The largest absolute Gasteiger partial charge is 0.486 e. The number of nitrogens with zero attached hydrogens (tertiary/aromatic N) is 2. The number of carbonyl (C=O) groups is 1. The second kappa shape index (κ2) is 5.43. The lowest BCUT2D eigenvalue weighted by Gasteiger charge is -2.06. The van der Waals surface area contributed by atoms with Gasteiger partial charge in [0.15, 0.2) is 5.82 Å². The van der Waals surface area contributed by atoms with Crippen molar-refractivity contribution in [3.8, 4) is 5.75 Å². The third-order valence-corrected chi connectivity index (χ3v) is 2.44. The molecule has 98 valence electrons. The average molecular weight is 262 g/mol. The third kappa shape index (κ3) is 3.25. The summed E-state index contributed by atoms with van der Waals surface area (Å²) in [5.74, 6) is -0.550. The van der Waals surface area contributed by atoms with E-state index < -0.39 is 5.97 Å². The van der Waals surface area contributed by atoms with Gasteiger partial charge in [0.2, 0.25) is 0 Å². The van der Waals surface area contributed by atoms with E-state index in [9.17, 15) is 9.18 Å². The number of aromatic carboxylic acids is 1. The highest BCUT2D eigenvalue weighted by Gasteiger charge is 2.10. The first-order valence-corrected chi connectivity index (χ1v) is 5.50. The van der Waals surface area contributed by atoms with Gasteiger partial charge in [-0.2, -0.15) is 0 Å². The van der Waals surface area contributed by atoms with Crippen LogP contribution in [0.25, 0.3) is 0 Å². The van der Waals surface area contributed by atoms with Crippen molar-refractivity contribution in [3.63, 3.8) is 0 Å². The summed E-state index contributed by atoms with van der Waals surface area (Å²) in [6.45, 7) is 1.68. The van der Waals surface area contributed by atoms with Crippen LogP contribution in [0.5, 0.6) is 5.75 Å². The molecule has 0 saturated heterocycles. The zero-order valence-electron chi connectivity index (χ0n) is 10.1. The summed E-state index contributed by atoms with van der Waals surface area (Å²) in [5, 5.41) is 8.84. The summed E-state index contributed by atoms with van der Waals surface area (Å²) in [7, 11) is 0. The number of carboxylic acids is 1. The Morgan fingerprint density at radius 2 is 2.05 bits per heavy atom. The van der Waals surface area contributed by atoms with Crippen molar-refractivity contribution in [1.29, 1.82) is 0 Å². The summed E-state index contributed by atoms with van der Waals surface area (Å²) in [6, 6.07) is 5.56. The van der Waals surface area contributed by atoms with Gasteiger partial charge in [0.25, 0.3) is 0 Å². The summed E-state index contributed by atoms with van der Waals surface area (Å²) >= 11 is 0. The summed E-state index contributed by atoms with van der Waals surface area (Å²) in [6.07, 6.45) is 1.24. The van der Waals surface area contributed by atoms with Gasteiger partial charge < -0.3 is 9.84 Å². The summed E-state index contributed by atoms with van der Waals surface area (Å²) < 4.78 is 18.1. The zero-order chi connectivity index (χ0) is 13.8. The monoisotopic (exact) mass is 262 g/mol. The predicted octanol–water partition coefficient (Wildman–Crippen LogP) is 2.20. The highest BCUT2D eigenvalue weighted by atomic mass is 19.1. The van der Waals surface area contributed by atoms with Crippen molar-refractivity contribution < 1.29 is 19.0 Å². The Kier molecular flexibility index (Phi) is 3.70. The number of aryl methyl sites for hydroxylation is 1. The van der Waals surface area contributed by atoms with Gasteiger partial charge >= 0.3 is 5.97 Å². The first kappa shape index (κ1) is 12.9. The van der Waals surface area contributed by atoms with Crippen molar-refractivity contribution in [2.24, 2.45) is 0 Å². The molecule has 19 heavy (non-hydrogen) atoms. The molecule has 0 amide bonds. The van der Waals surface area contributed by atoms with Crippen LogP contribution in [0.3, 0.4) is 0 Å². The molecule has 0 spiro atoms. The number of aromatic nitrogens is 2. The first-order valence-electron chi connectivity index (χ1n) is 5.50. The molecular formula is C13H11FN2O3. The molecule has 0 bridgehead atoms. The smallest absolute Gasteiger partial charge is 0.339 e. The lowest BCUT2D eigenvalue weighted by Crippen LogP contribution is -2.08. The molecule has 0 saturated carbocycles. The van der Waals surface area contributed by atoms with Gasteiger partial charge in [0.1, 0.15) is 18.2 Å². The summed E-state index contributed by atoms with van der Waals surface area (Å²) in [5.41, 5.74) is 0.436. The lowest BCUT2D eigenvalue weighted by atomic mass is 10.2. The highest BCUT2D eigenvalue weighted by Crippen LogP contribution is 2.13. The second-order valence-electron chi connectivity index (χ2n) is 3.83. The Balaban J connectivity index is 2.06. The van der Waals surface area contributed by atoms with Crippen molar-refractivity contribution in [3.05, 3.63) is 53.4 Å². The number of hydrogen-bond donors (Lipinski definition) is 1. The maximum absolute atomic E-state index is 12.7. The highest BCUT2D eigenvalue weighted by molar-refractivity contribution is 5.88. The Morgan fingerprint density at radius 1 is 1.37 bits per heavy atom. The van der Waals surface area contributed by atoms with E-state index in [2.05, 4.69) is 9.97 Å². The number of hydrogen-bond acceptors (Lipinski definition) is 4. The third-order valence-electron chi connectivity index (χ3n) is 2.44. The molecular weight excluding hydrogens is 251 g/mol. The molecule has 2 aromatic rings. The zero-order valence-corrected chi connectivity index (χ0v) is 10.1. The van der Waals surface area contributed by atoms with E-state index in [4.69, 9.17) is 9.84 Å². The normalized spacial score (nSPS) is 10.2. The van der Waals surface area contributed by atoms with Crippen molar-refractivity contribution in [2.75, 3.05) is 0 Å². The molecule has 0 unspecified atom stereocenters. The molecule has 0 aliphatic heterocycles. The van der Waals surface area contributed by atoms with Gasteiger partial charge in [-0.3, -0.25) is 0 Å². The average Bonchev–Trinajstić information content (AvgIpc) is 2.37. The molecule has 0 radical (unpaired) electrons. The van der Waals surface area contributed by atoms with Crippen LogP contribution in [-0.4, -0.2) is 21.0 Å². The first-order chi connectivity index (χ1) is 9.06. The summed E-state index contributed by atoms with van der Waals surface area (Å²) in [4.78, 5) is 18.7. The van der Waals surface area contributed by atoms with Crippen LogP contribution in [0.2, 0.25) is 0 Å². The topological polar surface area (TPSA) is 72.3 Å². The van der Waals surface area contributed by atoms with Gasteiger partial charge in [-0.05, 0) is 31.2 Å². The van der Waals surface area contributed by atoms with E-state index in [1.54, 1.807) is 6.92 Å². The van der Waals surface area contributed by atoms with Crippen LogP contribution >= 0.6 is 0 Å². The van der Waals surface area contributed by atoms with Crippen molar-refractivity contribution >= 4 is 5.97 Å². The standard InChI is InChI=1S/C13H11FN2O3/c1-8-11(13(17)18)6-15-12(16-8)7-19-10-4-2-9(14)3-5-10/h2-6H,7H2,1H3,(H,17,18). The minimum Gasteiger partial charge on any atom is -0.486 e. The second-order valence-corrected chi connectivity index (χ2v) is 3.83. The molecule has 1 heterocycles. The maximum Gasteiger partial charge on any atom is 0.339 e. The predicted molar refractivity (Wildman–Crippen MR) is 64.5 cm³/mol. The fraction of sp³-hybridized carbons (Fsp3) is 0.154. The van der Waals surface area contributed by atoms with E-state index in [-0.39, 0.29) is 18.0 Å². The van der Waals surface area contributed by atoms with Crippen LogP contribution in [0.15, 0.2) is 30.5 Å². The number of ether oxygens (including phenoxy) is 1. The van der Waals surface area contributed by atoms with Gasteiger partial charge in [0, 0.05) is 6.20 Å². The molecule has 0 aliphatic carbocycles. The molecule has 1 N–H and O–H groups in total. The lowest BCUT2D eigenvalue weighted by molar-refractivity contribution is 0.0695. The van der Waals surface area contributed by atoms with E-state index >= 15 is 0 Å². The number of benzene rings is 1. The van der Waals surface area contributed by atoms with Crippen LogP contribution in [-0.2, 0) is 6.61 Å². The molecule has 1 aromatic carbocycles. The molecule has 0 aliphatic rings. The molecule has 6 heteroatoms. The van der Waals surface area contributed by atoms with Crippen LogP contribution < -0.4 is 4.74 Å². The molecule has 2 rings (SSSR count). The number of halogens is 1. The fourth-order valence-electron chi connectivity index (χ4n) is 1.47. The van der Waals surface area contributed by atoms with Crippen molar-refractivity contribution in [2.45, 2.75) is 13.5 Å². The van der Waals surface area contributed by atoms with E-state index in [1.165, 1.54) is 30.5 Å². The van der Waals surface area contributed by atoms with Crippen LogP contribution in [0, 0.1) is 12.7 Å². The van der Waals surface area contributed by atoms with Gasteiger partial charge in [-0.25, -0.2) is 19.2 Å². The van der Waals surface area contributed by atoms with E-state index in [0.29, 0.717) is 17.3 Å².